The second-order valence-corrected chi connectivity index (χ2v) is 10.8. The van der Waals surface area contributed by atoms with Crippen molar-refractivity contribution in [2.24, 2.45) is 0 Å². The third-order valence-electron chi connectivity index (χ3n) is 7.88. The van der Waals surface area contributed by atoms with Crippen LogP contribution >= 0.6 is 0 Å². The predicted molar refractivity (Wildman–Crippen MR) is 145 cm³/mol. The Hall–Kier alpha value is -3.24. The van der Waals surface area contributed by atoms with Gasteiger partial charge >= 0.3 is 0 Å². The number of terminal acetylenes is 1. The molecule has 1 aromatic carbocycles. The highest BCUT2D eigenvalue weighted by Crippen LogP contribution is 2.49. The number of H-pyrrole nitrogens is 1. The molecule has 2 atom stereocenters. The van der Waals surface area contributed by atoms with E-state index < -0.39 is 5.79 Å². The predicted octanol–water partition coefficient (Wildman–Crippen LogP) is 4.48. The average Bonchev–Trinajstić information content (AvgIpc) is 3.18. The molecule has 2 aliphatic heterocycles. The number of aryl methyl sites for hydroxylation is 2. The van der Waals surface area contributed by atoms with Crippen molar-refractivity contribution in [2.45, 2.75) is 85.1 Å². The van der Waals surface area contributed by atoms with E-state index in [0.29, 0.717) is 47.2 Å². The molecule has 0 spiro atoms. The lowest BCUT2D eigenvalue weighted by atomic mass is 9.89. The highest BCUT2D eigenvalue weighted by molar-refractivity contribution is 6.00. The van der Waals surface area contributed by atoms with Crippen LogP contribution in [-0.4, -0.2) is 53.2 Å². The molecule has 2 aliphatic rings. The van der Waals surface area contributed by atoms with E-state index in [1.165, 1.54) is 0 Å². The lowest BCUT2D eigenvalue weighted by Crippen LogP contribution is -2.39. The molecule has 1 N–H and O–H groups in total. The molecule has 0 saturated heterocycles. The zero-order valence-electron chi connectivity index (χ0n) is 23.2. The van der Waals surface area contributed by atoms with Crippen LogP contribution in [0.1, 0.15) is 83.4 Å². The quantitative estimate of drug-likeness (QED) is 0.536. The Morgan fingerprint density at radius 1 is 1.22 bits per heavy atom. The number of carbonyl (C=O) groups is 1. The smallest absolute Gasteiger partial charge is 0.254 e. The van der Waals surface area contributed by atoms with Gasteiger partial charge in [0.05, 0.1) is 17.7 Å². The molecule has 4 rings (SSSR count). The first-order valence-electron chi connectivity index (χ1n) is 13.2. The van der Waals surface area contributed by atoms with Gasteiger partial charge in [0, 0.05) is 42.8 Å². The first-order valence-corrected chi connectivity index (χ1v) is 13.2. The number of nitrogens with one attached hydrogen (secondary N) is 1. The van der Waals surface area contributed by atoms with Gasteiger partial charge in [0.1, 0.15) is 0 Å². The van der Waals surface area contributed by atoms with Crippen LogP contribution in [0.15, 0.2) is 10.9 Å². The number of pyridine rings is 1. The monoisotopic (exact) mass is 505 g/mol. The molecule has 37 heavy (non-hydrogen) atoms. The molecule has 1 amide bonds. The van der Waals surface area contributed by atoms with Gasteiger partial charge in [-0.15, -0.1) is 6.42 Å². The number of amides is 1. The summed E-state index contributed by atoms with van der Waals surface area (Å²) in [5, 5.41) is 0. The van der Waals surface area contributed by atoms with Crippen LogP contribution < -0.4 is 15.0 Å². The number of fused-ring (bicyclic) bond motifs is 2. The maximum Gasteiger partial charge on any atom is 0.254 e. The normalized spacial score (nSPS) is 19.2. The molecular formula is C30H39N3O4. The van der Waals surface area contributed by atoms with Crippen LogP contribution in [0.25, 0.3) is 0 Å². The molecule has 0 bridgehead atoms. The van der Waals surface area contributed by atoms with E-state index in [0.717, 1.165) is 48.1 Å². The van der Waals surface area contributed by atoms with E-state index in [4.69, 9.17) is 15.9 Å². The van der Waals surface area contributed by atoms with E-state index in [9.17, 15) is 9.59 Å². The molecule has 0 radical (unpaired) electrons. The Bertz CT molecular complexity index is 1320. The summed E-state index contributed by atoms with van der Waals surface area (Å²) < 4.78 is 12.8. The van der Waals surface area contributed by atoms with Crippen molar-refractivity contribution >= 4 is 5.91 Å². The minimum Gasteiger partial charge on any atom is -0.448 e. The molecule has 0 fully saturated rings. The fourth-order valence-electron chi connectivity index (χ4n) is 5.77. The summed E-state index contributed by atoms with van der Waals surface area (Å²) >= 11 is 0. The molecule has 0 aliphatic carbocycles. The number of hydrogen-bond acceptors (Lipinski definition) is 5. The number of rotatable bonds is 8. The molecule has 3 heterocycles. The van der Waals surface area contributed by atoms with Crippen LogP contribution in [0.2, 0.25) is 0 Å². The van der Waals surface area contributed by atoms with Gasteiger partial charge < -0.3 is 24.3 Å². The molecule has 198 valence electrons. The van der Waals surface area contributed by atoms with Crippen molar-refractivity contribution < 1.29 is 14.3 Å². The van der Waals surface area contributed by atoms with E-state index in [-0.39, 0.29) is 18.0 Å². The molecule has 2 unspecified atom stereocenters. The number of aromatic nitrogens is 1. The molecule has 1 aromatic heterocycles. The van der Waals surface area contributed by atoms with Gasteiger partial charge in [-0.25, -0.2) is 0 Å². The molecule has 7 heteroatoms. The summed E-state index contributed by atoms with van der Waals surface area (Å²) in [6, 6.07) is 2.44. The lowest BCUT2D eigenvalue weighted by molar-refractivity contribution is -0.0707. The Labute approximate surface area is 220 Å². The van der Waals surface area contributed by atoms with E-state index >= 15 is 0 Å². The Kier molecular flexibility index (Phi) is 7.43. The zero-order chi connectivity index (χ0) is 27.1. The van der Waals surface area contributed by atoms with Gasteiger partial charge in [-0.05, 0) is 77.7 Å². The van der Waals surface area contributed by atoms with Crippen molar-refractivity contribution in [3.8, 4) is 23.8 Å². The lowest BCUT2D eigenvalue weighted by Gasteiger charge is -2.31. The second-order valence-electron chi connectivity index (χ2n) is 10.8. The van der Waals surface area contributed by atoms with Crippen molar-refractivity contribution in [3.05, 3.63) is 55.5 Å². The summed E-state index contributed by atoms with van der Waals surface area (Å²) in [5.74, 6) is 2.97. The maximum absolute atomic E-state index is 13.7. The average molecular weight is 506 g/mol. The van der Waals surface area contributed by atoms with E-state index in [1.54, 1.807) is 4.90 Å². The van der Waals surface area contributed by atoms with Gasteiger partial charge in [0.2, 0.25) is 5.79 Å². The number of carbonyl (C=O) groups excluding carboxylic acids is 1. The standard InChI is InChI=1S/C30H39N3O4/c1-9-21(32(7)8)12-11-14-30(6)36-26-20(5)25-23(22(10-2)27(26)37-30)13-15-33(29(25)35)17-24-18(3)16-19(4)31-28(24)34/h2,16,21H,9,11-15,17H2,1,3-8H3,(H,31,34). The Balaban J connectivity index is 1.61. The summed E-state index contributed by atoms with van der Waals surface area (Å²) in [6.07, 6.45) is 10.4. The number of benzene rings is 1. The summed E-state index contributed by atoms with van der Waals surface area (Å²) in [4.78, 5) is 33.2. The molecular weight excluding hydrogens is 466 g/mol. The third-order valence-corrected chi connectivity index (χ3v) is 7.88. The topological polar surface area (TPSA) is 74.9 Å². The van der Waals surface area contributed by atoms with Crippen LogP contribution in [0.4, 0.5) is 0 Å². The molecule has 0 saturated carbocycles. The number of ether oxygens (including phenoxy) is 2. The molecule has 2 aromatic rings. The summed E-state index contributed by atoms with van der Waals surface area (Å²) in [7, 11) is 4.22. The fourth-order valence-corrected chi connectivity index (χ4v) is 5.77. The van der Waals surface area contributed by atoms with Gasteiger partial charge in [0.15, 0.2) is 11.5 Å². The first-order chi connectivity index (χ1) is 17.5. The third kappa shape index (κ3) is 5.00. The highest BCUT2D eigenvalue weighted by atomic mass is 16.7. The van der Waals surface area contributed by atoms with Crippen molar-refractivity contribution in [3.63, 3.8) is 0 Å². The van der Waals surface area contributed by atoms with Crippen molar-refractivity contribution in [1.29, 1.82) is 0 Å². The van der Waals surface area contributed by atoms with Crippen molar-refractivity contribution in [1.82, 2.24) is 14.8 Å². The number of nitrogens with zero attached hydrogens (tertiary/aromatic N) is 2. The van der Waals surface area contributed by atoms with Crippen LogP contribution in [0.5, 0.6) is 11.5 Å². The van der Waals surface area contributed by atoms with Crippen LogP contribution in [0, 0.1) is 33.1 Å². The minimum absolute atomic E-state index is 0.133. The fraction of sp³-hybridized carbons (Fsp3) is 0.533. The first kappa shape index (κ1) is 26.8. The number of aromatic amines is 1. The zero-order valence-corrected chi connectivity index (χ0v) is 23.2. The number of hydrogen-bond donors (Lipinski definition) is 1. The van der Waals surface area contributed by atoms with Gasteiger partial charge in [-0.2, -0.15) is 0 Å². The van der Waals surface area contributed by atoms with Crippen LogP contribution in [-0.2, 0) is 13.0 Å². The summed E-state index contributed by atoms with van der Waals surface area (Å²) in [5.41, 5.74) is 4.90. The minimum atomic E-state index is -0.831. The van der Waals surface area contributed by atoms with Crippen molar-refractivity contribution in [2.75, 3.05) is 20.6 Å². The maximum atomic E-state index is 13.7. The highest BCUT2D eigenvalue weighted by Gasteiger charge is 2.43. The van der Waals surface area contributed by atoms with Crippen LogP contribution in [0.3, 0.4) is 0 Å². The van der Waals surface area contributed by atoms with Gasteiger partial charge in [-0.1, -0.05) is 12.8 Å². The van der Waals surface area contributed by atoms with E-state index in [2.05, 4.69) is 36.8 Å². The molecule has 7 nitrogen and oxygen atoms in total. The largest absolute Gasteiger partial charge is 0.448 e. The Morgan fingerprint density at radius 3 is 2.54 bits per heavy atom. The SMILES string of the molecule is C#Cc1c2c(c(C)c3c1OC(C)(CCCC(CC)N(C)C)O3)C(=O)N(Cc1c(C)cc(C)[nH]c1=O)CC2. The second kappa shape index (κ2) is 10.3. The van der Waals surface area contributed by atoms with Gasteiger partial charge in [-0.3, -0.25) is 9.59 Å². The van der Waals surface area contributed by atoms with E-state index in [1.807, 2.05) is 33.8 Å². The Morgan fingerprint density at radius 2 is 1.92 bits per heavy atom. The summed E-state index contributed by atoms with van der Waals surface area (Å²) in [6.45, 7) is 10.5. The van der Waals surface area contributed by atoms with Gasteiger partial charge in [0.25, 0.3) is 11.5 Å².